The maximum absolute atomic E-state index is 12.2. The third kappa shape index (κ3) is 3.88. The van der Waals surface area contributed by atoms with Crippen LogP contribution in [0.15, 0.2) is 36.9 Å². The standard InChI is InChI=1S/C15H20N4O2/c1-11(2)14(7-8-20)18-15(21)12-3-5-13(6-4-12)19-9-16-17-10-19/h3-6,9-11,14,20H,7-8H2,1-2H3,(H,18,21). The number of aliphatic hydroxyl groups is 1. The molecule has 0 aliphatic heterocycles. The van der Waals surface area contributed by atoms with Crippen LogP contribution in [0.2, 0.25) is 0 Å². The zero-order valence-electron chi connectivity index (χ0n) is 12.2. The van der Waals surface area contributed by atoms with Crippen LogP contribution in [0.3, 0.4) is 0 Å². The van der Waals surface area contributed by atoms with E-state index in [-0.39, 0.29) is 24.5 Å². The summed E-state index contributed by atoms with van der Waals surface area (Å²) in [6.45, 7) is 4.11. The summed E-state index contributed by atoms with van der Waals surface area (Å²) in [5, 5.41) is 19.5. The fourth-order valence-electron chi connectivity index (χ4n) is 2.08. The van der Waals surface area contributed by atoms with Crippen molar-refractivity contribution in [3.05, 3.63) is 42.5 Å². The van der Waals surface area contributed by atoms with Gasteiger partial charge >= 0.3 is 0 Å². The molecule has 1 aromatic heterocycles. The van der Waals surface area contributed by atoms with Crippen LogP contribution in [0, 0.1) is 5.92 Å². The highest BCUT2D eigenvalue weighted by Gasteiger charge is 2.16. The summed E-state index contributed by atoms with van der Waals surface area (Å²) in [6.07, 6.45) is 3.76. The predicted molar refractivity (Wildman–Crippen MR) is 79.2 cm³/mol. The van der Waals surface area contributed by atoms with Crippen molar-refractivity contribution in [2.24, 2.45) is 5.92 Å². The molecule has 2 N–H and O–H groups in total. The Bertz CT molecular complexity index is 564. The van der Waals surface area contributed by atoms with Gasteiger partial charge in [0.15, 0.2) is 0 Å². The fourth-order valence-corrected chi connectivity index (χ4v) is 2.08. The summed E-state index contributed by atoms with van der Waals surface area (Å²) in [5.74, 6) is 0.148. The van der Waals surface area contributed by atoms with Crippen LogP contribution in [-0.2, 0) is 0 Å². The number of carbonyl (C=O) groups is 1. The number of benzene rings is 1. The minimum Gasteiger partial charge on any atom is -0.396 e. The second-order valence-corrected chi connectivity index (χ2v) is 5.25. The number of hydrogen-bond donors (Lipinski definition) is 2. The second-order valence-electron chi connectivity index (χ2n) is 5.25. The molecule has 2 aromatic rings. The van der Waals surface area contributed by atoms with Crippen molar-refractivity contribution >= 4 is 5.91 Å². The maximum Gasteiger partial charge on any atom is 0.251 e. The molecule has 0 saturated carbocycles. The summed E-state index contributed by atoms with van der Waals surface area (Å²) in [4.78, 5) is 12.2. The van der Waals surface area contributed by atoms with Gasteiger partial charge in [0.05, 0.1) is 0 Å². The summed E-state index contributed by atoms with van der Waals surface area (Å²) in [6, 6.07) is 7.19. The van der Waals surface area contributed by atoms with E-state index >= 15 is 0 Å². The normalized spacial score (nSPS) is 12.4. The van der Waals surface area contributed by atoms with Gasteiger partial charge in [0.25, 0.3) is 5.91 Å². The molecule has 0 aliphatic carbocycles. The third-order valence-corrected chi connectivity index (χ3v) is 3.41. The van der Waals surface area contributed by atoms with E-state index in [0.29, 0.717) is 12.0 Å². The predicted octanol–water partition coefficient (Wildman–Crippen LogP) is 1.40. The average molecular weight is 288 g/mol. The molecule has 0 saturated heterocycles. The number of nitrogens with one attached hydrogen (secondary N) is 1. The van der Waals surface area contributed by atoms with E-state index in [4.69, 9.17) is 5.11 Å². The van der Waals surface area contributed by atoms with E-state index in [1.165, 1.54) is 0 Å². The van der Waals surface area contributed by atoms with Crippen molar-refractivity contribution in [3.8, 4) is 5.69 Å². The fraction of sp³-hybridized carbons (Fsp3) is 0.400. The third-order valence-electron chi connectivity index (χ3n) is 3.41. The average Bonchev–Trinajstić information content (AvgIpc) is 3.01. The first-order chi connectivity index (χ1) is 10.1. The van der Waals surface area contributed by atoms with Gasteiger partial charge in [-0.05, 0) is 36.6 Å². The van der Waals surface area contributed by atoms with Crippen LogP contribution in [0.4, 0.5) is 0 Å². The maximum atomic E-state index is 12.2. The minimum absolute atomic E-state index is 0.0278. The molecule has 0 bridgehead atoms. The van der Waals surface area contributed by atoms with Crippen LogP contribution in [-0.4, -0.2) is 38.4 Å². The van der Waals surface area contributed by atoms with Crippen LogP contribution in [0.25, 0.3) is 5.69 Å². The van der Waals surface area contributed by atoms with Crippen molar-refractivity contribution in [2.45, 2.75) is 26.3 Å². The minimum atomic E-state index is -0.127. The van der Waals surface area contributed by atoms with Gasteiger partial charge in [-0.25, -0.2) is 0 Å². The van der Waals surface area contributed by atoms with Gasteiger partial charge in [0.2, 0.25) is 0 Å². The summed E-state index contributed by atoms with van der Waals surface area (Å²) in [7, 11) is 0. The number of hydrogen-bond acceptors (Lipinski definition) is 4. The van der Waals surface area contributed by atoms with Gasteiger partial charge in [-0.15, -0.1) is 10.2 Å². The number of nitrogens with zero attached hydrogens (tertiary/aromatic N) is 3. The molecule has 1 unspecified atom stereocenters. The lowest BCUT2D eigenvalue weighted by molar-refractivity contribution is 0.0916. The van der Waals surface area contributed by atoms with Crippen LogP contribution >= 0.6 is 0 Å². The van der Waals surface area contributed by atoms with E-state index in [1.54, 1.807) is 29.4 Å². The van der Waals surface area contributed by atoms with E-state index in [9.17, 15) is 4.79 Å². The van der Waals surface area contributed by atoms with Crippen LogP contribution < -0.4 is 5.32 Å². The molecule has 1 atom stereocenters. The monoisotopic (exact) mass is 288 g/mol. The molecule has 0 fully saturated rings. The smallest absolute Gasteiger partial charge is 0.251 e. The van der Waals surface area contributed by atoms with Gasteiger partial charge in [-0.2, -0.15) is 0 Å². The van der Waals surface area contributed by atoms with Crippen LogP contribution in [0.5, 0.6) is 0 Å². The molecule has 0 radical (unpaired) electrons. The highest BCUT2D eigenvalue weighted by Crippen LogP contribution is 2.11. The second kappa shape index (κ2) is 6.99. The molecule has 21 heavy (non-hydrogen) atoms. The lowest BCUT2D eigenvalue weighted by atomic mass is 10.0. The lowest BCUT2D eigenvalue weighted by Crippen LogP contribution is -2.39. The van der Waals surface area contributed by atoms with Crippen molar-refractivity contribution in [2.75, 3.05) is 6.61 Å². The molecule has 0 spiro atoms. The number of aromatic nitrogens is 3. The molecular weight excluding hydrogens is 268 g/mol. The molecular formula is C15H20N4O2. The zero-order chi connectivity index (χ0) is 15.2. The number of aliphatic hydroxyl groups excluding tert-OH is 1. The summed E-state index contributed by atoms with van der Waals surface area (Å²) >= 11 is 0. The Labute approximate surface area is 123 Å². The number of amides is 1. The number of rotatable bonds is 6. The zero-order valence-corrected chi connectivity index (χ0v) is 12.2. The Morgan fingerprint density at radius 3 is 2.38 bits per heavy atom. The van der Waals surface area contributed by atoms with Crippen molar-refractivity contribution < 1.29 is 9.90 Å². The van der Waals surface area contributed by atoms with E-state index in [2.05, 4.69) is 15.5 Å². The molecule has 1 heterocycles. The van der Waals surface area contributed by atoms with Gasteiger partial charge < -0.3 is 10.4 Å². The lowest BCUT2D eigenvalue weighted by Gasteiger charge is -2.21. The first-order valence-corrected chi connectivity index (χ1v) is 6.98. The van der Waals surface area contributed by atoms with Gasteiger partial charge in [-0.3, -0.25) is 9.36 Å². The van der Waals surface area contributed by atoms with Crippen molar-refractivity contribution in [3.63, 3.8) is 0 Å². The Hall–Kier alpha value is -2.21. The Morgan fingerprint density at radius 1 is 1.24 bits per heavy atom. The van der Waals surface area contributed by atoms with Gasteiger partial charge in [0.1, 0.15) is 12.7 Å². The van der Waals surface area contributed by atoms with Gasteiger partial charge in [-0.1, -0.05) is 13.8 Å². The van der Waals surface area contributed by atoms with Crippen molar-refractivity contribution in [1.29, 1.82) is 0 Å². The molecule has 6 heteroatoms. The Kier molecular flexibility index (Phi) is 5.05. The SMILES string of the molecule is CC(C)C(CCO)NC(=O)c1ccc(-n2cnnc2)cc1. The van der Waals surface area contributed by atoms with E-state index < -0.39 is 0 Å². The van der Waals surface area contributed by atoms with E-state index in [0.717, 1.165) is 5.69 Å². The van der Waals surface area contributed by atoms with E-state index in [1.807, 2.05) is 26.0 Å². The topological polar surface area (TPSA) is 80.0 Å². The molecule has 1 amide bonds. The highest BCUT2D eigenvalue weighted by atomic mass is 16.3. The molecule has 0 aliphatic rings. The Balaban J connectivity index is 2.06. The largest absolute Gasteiger partial charge is 0.396 e. The summed E-state index contributed by atoms with van der Waals surface area (Å²) < 4.78 is 1.77. The Morgan fingerprint density at radius 2 is 1.86 bits per heavy atom. The van der Waals surface area contributed by atoms with Crippen molar-refractivity contribution in [1.82, 2.24) is 20.1 Å². The molecule has 112 valence electrons. The first kappa shape index (κ1) is 15.2. The highest BCUT2D eigenvalue weighted by molar-refractivity contribution is 5.94. The summed E-state index contributed by atoms with van der Waals surface area (Å²) in [5.41, 5.74) is 1.49. The quantitative estimate of drug-likeness (QED) is 0.842. The van der Waals surface area contributed by atoms with Gasteiger partial charge in [0, 0.05) is 23.9 Å². The first-order valence-electron chi connectivity index (χ1n) is 6.98. The molecule has 1 aromatic carbocycles. The molecule has 2 rings (SSSR count). The number of carbonyl (C=O) groups excluding carboxylic acids is 1. The van der Waals surface area contributed by atoms with Crippen LogP contribution in [0.1, 0.15) is 30.6 Å². The molecule has 6 nitrogen and oxygen atoms in total.